The van der Waals surface area contributed by atoms with E-state index in [1.54, 1.807) is 12.1 Å². The van der Waals surface area contributed by atoms with Gasteiger partial charge in [0.2, 0.25) is 0 Å². The molecule has 2 N–H and O–H groups in total. The molecule has 0 unspecified atom stereocenters. The summed E-state index contributed by atoms with van der Waals surface area (Å²) in [7, 11) is -2.35. The van der Waals surface area contributed by atoms with Crippen LogP contribution in [0.3, 0.4) is 0 Å². The third-order valence-corrected chi connectivity index (χ3v) is 4.45. The van der Waals surface area contributed by atoms with Gasteiger partial charge in [0.25, 0.3) is 0 Å². The van der Waals surface area contributed by atoms with Gasteiger partial charge in [-0.2, -0.15) is 0 Å². The topological polar surface area (TPSA) is 100 Å². The molecule has 0 amide bonds. The Bertz CT molecular complexity index is 632. The first-order valence-corrected chi connectivity index (χ1v) is 9.77. The molecule has 0 bridgehead atoms. The quantitative estimate of drug-likeness (QED) is 0.627. The fourth-order valence-corrected chi connectivity index (χ4v) is 2.50. The van der Waals surface area contributed by atoms with Gasteiger partial charge >= 0.3 is 5.97 Å². The van der Waals surface area contributed by atoms with E-state index in [1.807, 2.05) is 40.1 Å². The van der Waals surface area contributed by atoms with Gasteiger partial charge in [-0.1, -0.05) is 31.5 Å². The highest BCUT2D eigenvalue weighted by Gasteiger charge is 2.30. The smallest absolute Gasteiger partial charge is 0.365 e. The van der Waals surface area contributed by atoms with Gasteiger partial charge < -0.3 is 14.6 Å². The van der Waals surface area contributed by atoms with Crippen molar-refractivity contribution in [3.8, 4) is 0 Å². The van der Waals surface area contributed by atoms with Crippen LogP contribution in [0.1, 0.15) is 46.6 Å². The average Bonchev–Trinajstić information content (AvgIpc) is 2.46. The molecule has 6 nitrogen and oxygen atoms in total. The summed E-state index contributed by atoms with van der Waals surface area (Å²) >= 11 is 0. The minimum absolute atomic E-state index is 0.0702. The van der Waals surface area contributed by atoms with E-state index in [9.17, 15) is 17.8 Å². The van der Waals surface area contributed by atoms with Gasteiger partial charge in [0.15, 0.2) is 6.04 Å². The van der Waals surface area contributed by atoms with Gasteiger partial charge in [-0.25, -0.2) is 13.2 Å². The summed E-state index contributed by atoms with van der Waals surface area (Å²) in [6, 6.07) is 5.71. The molecule has 0 aromatic heterocycles. The molecule has 0 aliphatic carbocycles. The van der Waals surface area contributed by atoms with Crippen LogP contribution in [0, 0.1) is 12.8 Å². The third kappa shape index (κ3) is 9.57. The lowest BCUT2D eigenvalue weighted by molar-refractivity contribution is -0.658. The maximum absolute atomic E-state index is 11.7. The van der Waals surface area contributed by atoms with Crippen molar-refractivity contribution < 1.29 is 27.8 Å². The van der Waals surface area contributed by atoms with E-state index < -0.39 is 10.1 Å². The zero-order chi connectivity index (χ0) is 19.8. The SMILES string of the molecule is CC[C@H](C)[C@H]([NH2+]C)C(=O)OC(C)(C)C.Cc1ccc(S(=O)(=O)[O-])cc1. The van der Waals surface area contributed by atoms with E-state index in [2.05, 4.69) is 13.8 Å². The lowest BCUT2D eigenvalue weighted by Gasteiger charge is -2.24. The lowest BCUT2D eigenvalue weighted by Crippen LogP contribution is -2.90. The summed E-state index contributed by atoms with van der Waals surface area (Å²) in [5, 5.41) is 1.93. The number of esters is 1. The minimum Gasteiger partial charge on any atom is -0.744 e. The third-order valence-electron chi connectivity index (χ3n) is 3.60. The molecule has 0 heterocycles. The molecule has 1 aromatic rings. The molecule has 0 radical (unpaired) electrons. The number of carbonyl (C=O) groups excluding carboxylic acids is 1. The molecule has 0 aliphatic rings. The van der Waals surface area contributed by atoms with E-state index in [0.717, 1.165) is 12.0 Å². The molecule has 0 saturated carbocycles. The number of aryl methyl sites for hydroxylation is 1. The molecule has 0 saturated heterocycles. The summed E-state index contributed by atoms with van der Waals surface area (Å²) in [4.78, 5) is 11.6. The summed E-state index contributed by atoms with van der Waals surface area (Å²) < 4.78 is 36.5. The van der Waals surface area contributed by atoms with Gasteiger partial charge in [-0.05, 0) is 46.2 Å². The highest BCUT2D eigenvalue weighted by atomic mass is 32.2. The Morgan fingerprint density at radius 2 is 1.72 bits per heavy atom. The Kier molecular flexibility index (Phi) is 9.32. The number of ether oxygens (including phenoxy) is 1. The molecule has 0 aliphatic heterocycles. The highest BCUT2D eigenvalue weighted by molar-refractivity contribution is 7.85. The predicted molar refractivity (Wildman–Crippen MR) is 96.1 cm³/mol. The monoisotopic (exact) mass is 373 g/mol. The van der Waals surface area contributed by atoms with Crippen LogP contribution in [-0.4, -0.2) is 37.6 Å². The minimum atomic E-state index is -4.27. The molecule has 2 atom stereocenters. The number of hydrogen-bond donors (Lipinski definition) is 1. The largest absolute Gasteiger partial charge is 0.744 e. The van der Waals surface area contributed by atoms with Gasteiger partial charge in [0.05, 0.1) is 11.9 Å². The maximum atomic E-state index is 11.7. The first-order valence-electron chi connectivity index (χ1n) is 8.36. The van der Waals surface area contributed by atoms with Crippen molar-refractivity contribution in [2.24, 2.45) is 5.92 Å². The molecular formula is C18H31NO5S. The van der Waals surface area contributed by atoms with Crippen molar-refractivity contribution >= 4 is 16.1 Å². The van der Waals surface area contributed by atoms with Crippen molar-refractivity contribution in [1.82, 2.24) is 0 Å². The molecule has 7 heteroatoms. The van der Waals surface area contributed by atoms with E-state index in [1.165, 1.54) is 12.1 Å². The van der Waals surface area contributed by atoms with Crippen molar-refractivity contribution in [3.63, 3.8) is 0 Å². The number of rotatable bonds is 5. The lowest BCUT2D eigenvalue weighted by atomic mass is 9.99. The van der Waals surface area contributed by atoms with Crippen molar-refractivity contribution in [2.75, 3.05) is 7.05 Å². The fourth-order valence-electron chi connectivity index (χ4n) is 2.03. The zero-order valence-electron chi connectivity index (χ0n) is 16.2. The van der Waals surface area contributed by atoms with E-state index in [4.69, 9.17) is 4.74 Å². The summed E-state index contributed by atoms with van der Waals surface area (Å²) in [6.45, 7) is 11.7. The first-order chi connectivity index (χ1) is 11.3. The second kappa shape index (κ2) is 9.89. The Morgan fingerprint density at radius 1 is 1.24 bits per heavy atom. The Labute approximate surface area is 151 Å². The zero-order valence-corrected chi connectivity index (χ0v) is 17.0. The summed E-state index contributed by atoms with van der Waals surface area (Å²) in [6.07, 6.45) is 0.994. The number of benzene rings is 1. The molecular weight excluding hydrogens is 342 g/mol. The van der Waals surface area contributed by atoms with Crippen LogP contribution in [0.15, 0.2) is 29.2 Å². The van der Waals surface area contributed by atoms with Crippen LogP contribution in [0.5, 0.6) is 0 Å². The van der Waals surface area contributed by atoms with Gasteiger partial charge in [0.1, 0.15) is 15.7 Å². The molecule has 0 spiro atoms. The second-order valence-corrected chi connectivity index (χ2v) is 8.42. The first kappa shape index (κ1) is 23.6. The van der Waals surface area contributed by atoms with Crippen LogP contribution < -0.4 is 5.32 Å². The summed E-state index contributed by atoms with van der Waals surface area (Å²) in [5.41, 5.74) is 0.545. The number of hydrogen-bond acceptors (Lipinski definition) is 5. The van der Waals surface area contributed by atoms with Crippen LogP contribution in [0.2, 0.25) is 0 Å². The van der Waals surface area contributed by atoms with Gasteiger partial charge in [-0.3, -0.25) is 0 Å². The highest BCUT2D eigenvalue weighted by Crippen LogP contribution is 2.12. The van der Waals surface area contributed by atoms with Crippen molar-refractivity contribution in [2.45, 2.75) is 64.5 Å². The average molecular weight is 374 g/mol. The molecule has 1 aromatic carbocycles. The summed E-state index contributed by atoms with van der Waals surface area (Å²) in [5.74, 6) is 0.254. The standard InChI is InChI=1S/C11H23NO2.C7H8O3S/c1-7-8(2)9(12-6)10(13)14-11(3,4)5;1-6-2-4-7(5-3-6)11(8,9)10/h8-9,12H,7H2,1-6H3;2-5H,1H3,(H,8,9,10)/t8-,9-;/m0./s1. The van der Waals surface area contributed by atoms with E-state index >= 15 is 0 Å². The maximum Gasteiger partial charge on any atom is 0.365 e. The van der Waals surface area contributed by atoms with Crippen LogP contribution in [0.25, 0.3) is 0 Å². The molecule has 1 rings (SSSR count). The second-order valence-electron chi connectivity index (χ2n) is 7.05. The van der Waals surface area contributed by atoms with Gasteiger partial charge in [0, 0.05) is 5.92 Å². The van der Waals surface area contributed by atoms with E-state index in [0.29, 0.717) is 5.92 Å². The molecule has 0 fully saturated rings. The molecule has 144 valence electrons. The predicted octanol–water partition coefficient (Wildman–Crippen LogP) is 1.84. The van der Waals surface area contributed by atoms with Crippen LogP contribution in [0.4, 0.5) is 0 Å². The van der Waals surface area contributed by atoms with Gasteiger partial charge in [-0.15, -0.1) is 0 Å². The number of carbonyl (C=O) groups is 1. The normalized spacial score (nSPS) is 14.1. The number of likely N-dealkylation sites (N-methyl/N-ethyl adjacent to an activating group) is 1. The Balaban J connectivity index is 0.000000472. The fraction of sp³-hybridized carbons (Fsp3) is 0.611. The van der Waals surface area contributed by atoms with Crippen molar-refractivity contribution in [1.29, 1.82) is 0 Å². The van der Waals surface area contributed by atoms with Crippen LogP contribution >= 0.6 is 0 Å². The van der Waals surface area contributed by atoms with Crippen molar-refractivity contribution in [3.05, 3.63) is 29.8 Å². The Hall–Kier alpha value is -1.44. The van der Waals surface area contributed by atoms with Crippen LogP contribution in [-0.2, 0) is 19.6 Å². The number of quaternary nitrogens is 1. The molecule has 25 heavy (non-hydrogen) atoms. The Morgan fingerprint density at radius 3 is 2.04 bits per heavy atom. The van der Waals surface area contributed by atoms with E-state index in [-0.39, 0.29) is 22.5 Å². The number of nitrogens with two attached hydrogens (primary N) is 1.